The van der Waals surface area contributed by atoms with Gasteiger partial charge in [-0.15, -0.1) is 10.2 Å². The van der Waals surface area contributed by atoms with Crippen LogP contribution in [-0.2, 0) is 10.5 Å². The number of anilines is 1. The van der Waals surface area contributed by atoms with E-state index < -0.39 is 23.5 Å². The van der Waals surface area contributed by atoms with Crippen LogP contribution in [0.2, 0.25) is 0 Å². The Kier molecular flexibility index (Phi) is 9.36. The average Bonchev–Trinajstić information content (AvgIpc) is 3.79. The Morgan fingerprint density at radius 2 is 1.87 bits per heavy atom. The van der Waals surface area contributed by atoms with Crippen LogP contribution in [0, 0.1) is 5.82 Å². The summed E-state index contributed by atoms with van der Waals surface area (Å²) in [7, 11) is 1.50. The Morgan fingerprint density at radius 1 is 1.09 bits per heavy atom. The van der Waals surface area contributed by atoms with E-state index >= 15 is 0 Å². The summed E-state index contributed by atoms with van der Waals surface area (Å²) < 4.78 is 31.1. The Bertz CT molecular complexity index is 1900. The zero-order valence-corrected chi connectivity index (χ0v) is 26.7. The first-order valence-corrected chi connectivity index (χ1v) is 16.5. The molecule has 0 spiro atoms. The molecule has 9 nitrogen and oxygen atoms in total. The highest BCUT2D eigenvalue weighted by Crippen LogP contribution is 2.45. The monoisotopic (exact) mass is 659 g/mol. The van der Waals surface area contributed by atoms with Crippen LogP contribution in [0.4, 0.5) is 9.52 Å². The van der Waals surface area contributed by atoms with E-state index in [1.807, 2.05) is 0 Å². The van der Waals surface area contributed by atoms with Crippen molar-refractivity contribution in [1.29, 1.82) is 0 Å². The van der Waals surface area contributed by atoms with E-state index in [1.165, 1.54) is 35.9 Å². The fourth-order valence-electron chi connectivity index (χ4n) is 5.16. The Labute approximate surface area is 272 Å². The molecule has 236 valence electrons. The van der Waals surface area contributed by atoms with Crippen molar-refractivity contribution in [2.75, 3.05) is 18.6 Å². The second-order valence-corrected chi connectivity index (χ2v) is 12.7. The van der Waals surface area contributed by atoms with Gasteiger partial charge in [-0.1, -0.05) is 79.3 Å². The number of furan rings is 1. The molecule has 0 aliphatic carbocycles. The van der Waals surface area contributed by atoms with Crippen molar-refractivity contribution in [3.05, 3.63) is 107 Å². The maximum atomic E-state index is 14.1. The second kappa shape index (κ2) is 13.8. The number of unbranched alkanes of at least 4 members (excludes halogenated alkanes) is 2. The predicted octanol–water partition coefficient (Wildman–Crippen LogP) is 8.08. The van der Waals surface area contributed by atoms with Crippen LogP contribution >= 0.6 is 23.1 Å². The van der Waals surface area contributed by atoms with Gasteiger partial charge >= 0.3 is 0 Å². The fraction of sp³-hybridized carbons (Fsp3) is 0.235. The number of aliphatic hydroxyl groups is 1. The minimum Gasteiger partial charge on any atom is -0.503 e. The maximum Gasteiger partial charge on any atom is 0.296 e. The lowest BCUT2D eigenvalue weighted by molar-refractivity contribution is -0.117. The molecule has 46 heavy (non-hydrogen) atoms. The topological polar surface area (TPSA) is 115 Å². The highest BCUT2D eigenvalue weighted by molar-refractivity contribution is 8.00. The summed E-state index contributed by atoms with van der Waals surface area (Å²) in [5.74, 6) is -0.890. The van der Waals surface area contributed by atoms with Crippen LogP contribution in [0.5, 0.6) is 11.5 Å². The molecule has 6 rings (SSSR count). The first-order chi connectivity index (χ1) is 22.4. The van der Waals surface area contributed by atoms with Gasteiger partial charge in [0.1, 0.15) is 11.6 Å². The van der Waals surface area contributed by atoms with E-state index in [9.17, 15) is 19.1 Å². The van der Waals surface area contributed by atoms with Crippen LogP contribution < -0.4 is 14.4 Å². The van der Waals surface area contributed by atoms with Crippen molar-refractivity contribution in [2.24, 2.45) is 0 Å². The normalized spacial score (nSPS) is 14.8. The quantitative estimate of drug-likeness (QED) is 0.0580. The molecule has 0 bridgehead atoms. The van der Waals surface area contributed by atoms with Gasteiger partial charge in [-0.3, -0.25) is 14.5 Å². The van der Waals surface area contributed by atoms with Gasteiger partial charge in [0, 0.05) is 11.1 Å². The van der Waals surface area contributed by atoms with Crippen molar-refractivity contribution in [2.45, 2.75) is 42.3 Å². The van der Waals surface area contributed by atoms with E-state index in [1.54, 1.807) is 60.7 Å². The molecule has 1 aliphatic rings. The smallest absolute Gasteiger partial charge is 0.296 e. The van der Waals surface area contributed by atoms with Crippen LogP contribution in [0.3, 0.4) is 0 Å². The first kappa shape index (κ1) is 31.3. The van der Waals surface area contributed by atoms with Gasteiger partial charge in [0.05, 0.1) is 25.3 Å². The van der Waals surface area contributed by atoms with E-state index in [0.29, 0.717) is 44.7 Å². The summed E-state index contributed by atoms with van der Waals surface area (Å²) in [6.07, 6.45) is 3.07. The maximum absolute atomic E-state index is 14.1. The molecule has 3 aromatic carbocycles. The molecule has 2 aromatic heterocycles. The molecule has 1 amide bonds. The third kappa shape index (κ3) is 6.35. The number of thioether (sulfide) groups is 1. The largest absolute Gasteiger partial charge is 0.503 e. The van der Waals surface area contributed by atoms with Crippen molar-refractivity contribution in [1.82, 2.24) is 10.2 Å². The van der Waals surface area contributed by atoms with Crippen LogP contribution in [0.1, 0.15) is 53.9 Å². The summed E-state index contributed by atoms with van der Waals surface area (Å²) in [4.78, 5) is 29.0. The summed E-state index contributed by atoms with van der Waals surface area (Å²) in [5.41, 5.74) is 1.69. The molecule has 0 fully saturated rings. The lowest BCUT2D eigenvalue weighted by atomic mass is 9.95. The molecule has 1 N–H and O–H groups in total. The zero-order valence-electron chi connectivity index (χ0n) is 25.1. The van der Waals surface area contributed by atoms with Crippen molar-refractivity contribution in [3.63, 3.8) is 0 Å². The SMILES string of the molecule is CCCCCOc1ccc(C2C(C(=O)c3cc4cccc(OC)c4o3)=C(O)C(=O)N2c2nnc(SCc3ccc(F)cc3)s2)cc1. The lowest BCUT2D eigenvalue weighted by Gasteiger charge is -2.24. The van der Waals surface area contributed by atoms with Gasteiger partial charge in [-0.25, -0.2) is 4.39 Å². The number of carbonyl (C=O) groups excluding carboxylic acids is 2. The Hall–Kier alpha value is -4.68. The molecule has 3 heterocycles. The van der Waals surface area contributed by atoms with E-state index in [-0.39, 0.29) is 22.3 Å². The fourth-order valence-corrected chi connectivity index (χ4v) is 6.99. The molecular weight excluding hydrogens is 630 g/mol. The number of rotatable bonds is 13. The van der Waals surface area contributed by atoms with Crippen LogP contribution in [-0.4, -0.2) is 40.7 Å². The molecule has 1 aliphatic heterocycles. The minimum atomic E-state index is -1.02. The molecule has 1 atom stereocenters. The third-order valence-electron chi connectivity index (χ3n) is 7.49. The zero-order chi connectivity index (χ0) is 32.2. The highest BCUT2D eigenvalue weighted by Gasteiger charge is 2.47. The molecule has 1 unspecified atom stereocenters. The number of hydrogen-bond acceptors (Lipinski definition) is 10. The lowest BCUT2D eigenvalue weighted by Crippen LogP contribution is -2.31. The summed E-state index contributed by atoms with van der Waals surface area (Å²) >= 11 is 2.53. The number of ether oxygens (including phenoxy) is 2. The summed E-state index contributed by atoms with van der Waals surface area (Å²) in [6, 6.07) is 19.0. The van der Waals surface area contributed by atoms with Crippen molar-refractivity contribution >= 4 is 50.9 Å². The number of methoxy groups -OCH3 is 1. The second-order valence-electron chi connectivity index (χ2n) is 10.5. The number of amides is 1. The summed E-state index contributed by atoms with van der Waals surface area (Å²) in [5, 5.41) is 20.6. The van der Waals surface area contributed by atoms with Gasteiger partial charge in [-0.2, -0.15) is 0 Å². The molecule has 0 radical (unpaired) electrons. The molecule has 0 saturated carbocycles. The van der Waals surface area contributed by atoms with E-state index in [0.717, 1.165) is 36.2 Å². The number of Topliss-reactive ketones (excluding diaryl/α,β-unsaturated/α-hetero) is 1. The van der Waals surface area contributed by atoms with E-state index in [2.05, 4.69) is 17.1 Å². The number of ketones is 1. The number of nitrogens with zero attached hydrogens (tertiary/aromatic N) is 3. The third-order valence-corrected chi connectivity index (χ3v) is 9.62. The number of benzene rings is 3. The molecule has 12 heteroatoms. The van der Waals surface area contributed by atoms with Gasteiger partial charge in [-0.05, 0) is 53.9 Å². The number of aliphatic hydroxyl groups excluding tert-OH is 1. The minimum absolute atomic E-state index is 0.0515. The predicted molar refractivity (Wildman–Crippen MR) is 174 cm³/mol. The number of aromatic nitrogens is 2. The van der Waals surface area contributed by atoms with E-state index in [4.69, 9.17) is 13.9 Å². The van der Waals surface area contributed by atoms with Gasteiger partial charge < -0.3 is 19.0 Å². The van der Waals surface area contributed by atoms with Crippen LogP contribution in [0.25, 0.3) is 11.0 Å². The number of hydrogen-bond donors (Lipinski definition) is 1. The standard InChI is InChI=1S/C34H30FN3O6S2/c1-3-4-5-17-43-24-15-11-21(12-16-24)28-27(29(39)26-18-22-7-6-8-25(42-2)31(22)44-26)30(40)32(41)38(28)33-36-37-34(46-33)45-19-20-9-13-23(35)14-10-20/h6-16,18,28,40H,3-5,17,19H2,1-2H3. The van der Waals surface area contributed by atoms with Crippen molar-refractivity contribution < 1.29 is 33.0 Å². The Balaban J connectivity index is 1.33. The molecule has 0 saturated heterocycles. The number of carbonyl (C=O) groups is 2. The first-order valence-electron chi connectivity index (χ1n) is 14.7. The highest BCUT2D eigenvalue weighted by atomic mass is 32.2. The average molecular weight is 660 g/mol. The van der Waals surface area contributed by atoms with Gasteiger partial charge in [0.15, 0.2) is 27.2 Å². The number of fused-ring (bicyclic) bond motifs is 1. The molecule has 5 aromatic rings. The van der Waals surface area contributed by atoms with Crippen molar-refractivity contribution in [3.8, 4) is 11.5 Å². The summed E-state index contributed by atoms with van der Waals surface area (Å²) in [6.45, 7) is 2.70. The van der Waals surface area contributed by atoms with Gasteiger partial charge in [0.25, 0.3) is 5.91 Å². The van der Waals surface area contributed by atoms with Gasteiger partial charge in [0.2, 0.25) is 10.9 Å². The molecular formula is C34H30FN3O6S2. The Morgan fingerprint density at radius 3 is 2.61 bits per heavy atom. The van der Waals surface area contributed by atoms with Crippen LogP contribution in [0.15, 0.2) is 92.9 Å². The number of para-hydroxylation sites is 1. The number of halogens is 1.